The predicted molar refractivity (Wildman–Crippen MR) is 76.1 cm³/mol. The van der Waals surface area contributed by atoms with Gasteiger partial charge in [-0.2, -0.15) is 0 Å². The zero-order chi connectivity index (χ0) is 12.8. The maximum absolute atomic E-state index is 5.65. The van der Waals surface area contributed by atoms with Crippen LogP contribution < -0.4 is 10.1 Å². The van der Waals surface area contributed by atoms with E-state index in [-0.39, 0.29) is 6.10 Å². The van der Waals surface area contributed by atoms with Crippen molar-refractivity contribution in [3.63, 3.8) is 0 Å². The van der Waals surface area contributed by atoms with Gasteiger partial charge in [-0.15, -0.1) is 0 Å². The molecule has 0 aromatic heterocycles. The standard InChI is InChI=1S/C16H25NO/c1-13(2)18-16-9-7-14(8-10-16)5-6-15-4-3-11-17-12-15/h7-10,13,15,17H,3-6,11-12H2,1-2H3. The summed E-state index contributed by atoms with van der Waals surface area (Å²) in [6.07, 6.45) is 5.48. The predicted octanol–water partition coefficient (Wildman–Crippen LogP) is 3.41. The Morgan fingerprint density at radius 3 is 2.67 bits per heavy atom. The Morgan fingerprint density at radius 1 is 1.28 bits per heavy atom. The van der Waals surface area contributed by atoms with Gasteiger partial charge >= 0.3 is 0 Å². The molecule has 2 rings (SSSR count). The maximum Gasteiger partial charge on any atom is 0.119 e. The topological polar surface area (TPSA) is 21.3 Å². The minimum absolute atomic E-state index is 0.254. The van der Waals surface area contributed by atoms with Crippen LogP contribution in [0, 0.1) is 5.92 Å². The number of hydrogen-bond acceptors (Lipinski definition) is 2. The van der Waals surface area contributed by atoms with Gasteiger partial charge in [-0.25, -0.2) is 0 Å². The first-order valence-corrected chi connectivity index (χ1v) is 7.20. The van der Waals surface area contributed by atoms with E-state index in [4.69, 9.17) is 4.74 Å². The zero-order valence-electron chi connectivity index (χ0n) is 11.6. The van der Waals surface area contributed by atoms with Crippen LogP contribution in [0.15, 0.2) is 24.3 Å². The Kier molecular flexibility index (Phi) is 5.06. The Labute approximate surface area is 111 Å². The SMILES string of the molecule is CC(C)Oc1ccc(CCC2CCCNC2)cc1. The molecule has 0 saturated carbocycles. The molecule has 1 fully saturated rings. The number of aryl methyl sites for hydroxylation is 1. The van der Waals surface area contributed by atoms with E-state index in [1.807, 2.05) is 0 Å². The molecule has 2 heteroatoms. The van der Waals surface area contributed by atoms with Crippen molar-refractivity contribution in [3.05, 3.63) is 29.8 Å². The van der Waals surface area contributed by atoms with Crippen molar-refractivity contribution in [3.8, 4) is 5.75 Å². The monoisotopic (exact) mass is 247 g/mol. The third kappa shape index (κ3) is 4.34. The van der Waals surface area contributed by atoms with E-state index in [1.165, 1.54) is 44.3 Å². The summed E-state index contributed by atoms with van der Waals surface area (Å²) in [7, 11) is 0. The highest BCUT2D eigenvalue weighted by molar-refractivity contribution is 5.27. The number of nitrogens with one attached hydrogen (secondary N) is 1. The second-order valence-electron chi connectivity index (χ2n) is 5.56. The molecule has 1 saturated heterocycles. The minimum Gasteiger partial charge on any atom is -0.491 e. The molecule has 1 N–H and O–H groups in total. The second kappa shape index (κ2) is 6.79. The van der Waals surface area contributed by atoms with E-state index < -0.39 is 0 Å². The fraction of sp³-hybridized carbons (Fsp3) is 0.625. The molecule has 0 amide bonds. The Bertz CT molecular complexity index is 339. The number of piperidine rings is 1. The van der Waals surface area contributed by atoms with E-state index in [1.54, 1.807) is 0 Å². The molecule has 2 nitrogen and oxygen atoms in total. The molecule has 18 heavy (non-hydrogen) atoms. The molecule has 100 valence electrons. The van der Waals surface area contributed by atoms with Crippen LogP contribution in [0.3, 0.4) is 0 Å². The Hall–Kier alpha value is -1.02. The first kappa shape index (κ1) is 13.4. The summed E-state index contributed by atoms with van der Waals surface area (Å²) < 4.78 is 5.65. The van der Waals surface area contributed by atoms with Crippen molar-refractivity contribution in [1.82, 2.24) is 5.32 Å². The average Bonchev–Trinajstić information content (AvgIpc) is 2.38. The van der Waals surface area contributed by atoms with Crippen molar-refractivity contribution in [2.75, 3.05) is 13.1 Å². The summed E-state index contributed by atoms with van der Waals surface area (Å²) in [6, 6.07) is 8.59. The second-order valence-corrected chi connectivity index (χ2v) is 5.56. The lowest BCUT2D eigenvalue weighted by molar-refractivity contribution is 0.242. The van der Waals surface area contributed by atoms with Crippen molar-refractivity contribution in [1.29, 1.82) is 0 Å². The lowest BCUT2D eigenvalue weighted by atomic mass is 9.93. The summed E-state index contributed by atoms with van der Waals surface area (Å²) in [6.45, 7) is 6.53. The summed E-state index contributed by atoms with van der Waals surface area (Å²) in [5.41, 5.74) is 1.43. The fourth-order valence-corrected chi connectivity index (χ4v) is 2.55. The van der Waals surface area contributed by atoms with E-state index in [2.05, 4.69) is 43.4 Å². The highest BCUT2D eigenvalue weighted by atomic mass is 16.5. The van der Waals surface area contributed by atoms with Gasteiger partial charge in [0, 0.05) is 0 Å². The van der Waals surface area contributed by atoms with E-state index >= 15 is 0 Å². The fourth-order valence-electron chi connectivity index (χ4n) is 2.55. The summed E-state index contributed by atoms with van der Waals surface area (Å²) in [5, 5.41) is 3.48. The van der Waals surface area contributed by atoms with Gasteiger partial charge in [-0.1, -0.05) is 12.1 Å². The third-order valence-corrected chi connectivity index (χ3v) is 3.54. The number of hydrogen-bond donors (Lipinski definition) is 1. The van der Waals surface area contributed by atoms with Crippen LogP contribution in [0.4, 0.5) is 0 Å². The number of benzene rings is 1. The smallest absolute Gasteiger partial charge is 0.119 e. The zero-order valence-corrected chi connectivity index (χ0v) is 11.6. The van der Waals surface area contributed by atoms with Crippen molar-refractivity contribution >= 4 is 0 Å². The largest absolute Gasteiger partial charge is 0.491 e. The van der Waals surface area contributed by atoms with Crippen LogP contribution in [0.1, 0.15) is 38.7 Å². The highest BCUT2D eigenvalue weighted by Crippen LogP contribution is 2.19. The molecule has 1 heterocycles. The maximum atomic E-state index is 5.65. The lowest BCUT2D eigenvalue weighted by Gasteiger charge is -2.22. The highest BCUT2D eigenvalue weighted by Gasteiger charge is 2.12. The van der Waals surface area contributed by atoms with Crippen molar-refractivity contribution in [2.24, 2.45) is 5.92 Å². The van der Waals surface area contributed by atoms with Gasteiger partial charge in [-0.3, -0.25) is 0 Å². The van der Waals surface area contributed by atoms with Crippen LogP contribution in [0.2, 0.25) is 0 Å². The number of ether oxygens (including phenoxy) is 1. The molecule has 1 aliphatic heterocycles. The Balaban J connectivity index is 1.78. The van der Waals surface area contributed by atoms with E-state index in [0.29, 0.717) is 0 Å². The number of rotatable bonds is 5. The summed E-state index contributed by atoms with van der Waals surface area (Å²) in [4.78, 5) is 0. The summed E-state index contributed by atoms with van der Waals surface area (Å²) in [5.74, 6) is 1.85. The van der Waals surface area contributed by atoms with Crippen LogP contribution in [0.25, 0.3) is 0 Å². The quantitative estimate of drug-likeness (QED) is 0.861. The van der Waals surface area contributed by atoms with Gasteiger partial charge in [-0.05, 0) is 76.2 Å². The van der Waals surface area contributed by atoms with Gasteiger partial charge in [0.2, 0.25) is 0 Å². The average molecular weight is 247 g/mol. The molecule has 0 radical (unpaired) electrons. The van der Waals surface area contributed by atoms with Gasteiger partial charge < -0.3 is 10.1 Å². The molecule has 1 aromatic rings. The molecule has 0 bridgehead atoms. The van der Waals surface area contributed by atoms with E-state index in [9.17, 15) is 0 Å². The summed E-state index contributed by atoms with van der Waals surface area (Å²) >= 11 is 0. The van der Waals surface area contributed by atoms with Crippen LogP contribution in [-0.4, -0.2) is 19.2 Å². The first-order valence-electron chi connectivity index (χ1n) is 7.20. The van der Waals surface area contributed by atoms with Crippen LogP contribution in [-0.2, 0) is 6.42 Å². The van der Waals surface area contributed by atoms with Gasteiger partial charge in [0.05, 0.1) is 6.10 Å². The van der Waals surface area contributed by atoms with Gasteiger partial charge in [0.1, 0.15) is 5.75 Å². The van der Waals surface area contributed by atoms with Crippen LogP contribution in [0.5, 0.6) is 5.75 Å². The van der Waals surface area contributed by atoms with Crippen LogP contribution >= 0.6 is 0 Å². The molecule has 1 unspecified atom stereocenters. The molecular weight excluding hydrogens is 222 g/mol. The van der Waals surface area contributed by atoms with Gasteiger partial charge in [0.15, 0.2) is 0 Å². The first-order chi connectivity index (χ1) is 8.74. The Morgan fingerprint density at radius 2 is 2.06 bits per heavy atom. The van der Waals surface area contributed by atoms with Gasteiger partial charge in [0.25, 0.3) is 0 Å². The van der Waals surface area contributed by atoms with Crippen molar-refractivity contribution in [2.45, 2.75) is 45.6 Å². The normalized spacial score (nSPS) is 20.1. The van der Waals surface area contributed by atoms with Crippen molar-refractivity contribution < 1.29 is 4.74 Å². The lowest BCUT2D eigenvalue weighted by Crippen LogP contribution is -2.29. The third-order valence-electron chi connectivity index (χ3n) is 3.54. The molecule has 0 aliphatic carbocycles. The minimum atomic E-state index is 0.254. The molecule has 1 aliphatic rings. The molecule has 0 spiro atoms. The molecule has 1 atom stereocenters. The molecule has 1 aromatic carbocycles. The molecular formula is C16H25NO. The van der Waals surface area contributed by atoms with E-state index in [0.717, 1.165) is 11.7 Å².